The molecule has 3 heteroatoms. The number of rotatable bonds is 15. The zero-order valence-corrected chi connectivity index (χ0v) is 14.0. The molecular weight excluding hydrogens is 252 g/mol. The Morgan fingerprint density at radius 3 is 1.60 bits per heavy atom. The normalized spacial score (nSPS) is 12.0. The predicted molar refractivity (Wildman–Crippen MR) is 84.6 cm³/mol. The molecule has 0 radical (unpaired) electrons. The maximum absolute atomic E-state index is 8.66. The lowest BCUT2D eigenvalue weighted by molar-refractivity contribution is -0.528. The monoisotopic (exact) mass is 288 g/mol. The third kappa shape index (κ3) is 9.73. The van der Waals surface area contributed by atoms with E-state index in [4.69, 9.17) is 10.1 Å². The van der Waals surface area contributed by atoms with Crippen LogP contribution in [0, 0.1) is 0 Å². The molecule has 0 atom stereocenters. The SMILES string of the molecule is CCCCCCCCCCC(CCC)(CCC)OOO. The molecule has 20 heavy (non-hydrogen) atoms. The molecule has 0 unspecified atom stereocenters. The number of hydrogen-bond acceptors (Lipinski definition) is 3. The quantitative estimate of drug-likeness (QED) is 0.219. The lowest BCUT2D eigenvalue weighted by Gasteiger charge is -2.30. The predicted octanol–water partition coefficient (Wildman–Crippen LogP) is 6.28. The zero-order chi connectivity index (χ0) is 15.1. The van der Waals surface area contributed by atoms with Gasteiger partial charge in [-0.3, -0.25) is 0 Å². The Hall–Kier alpha value is -0.120. The lowest BCUT2D eigenvalue weighted by Crippen LogP contribution is -2.32. The van der Waals surface area contributed by atoms with Crippen LogP contribution < -0.4 is 0 Å². The van der Waals surface area contributed by atoms with Crippen LogP contribution in [0.25, 0.3) is 0 Å². The van der Waals surface area contributed by atoms with Gasteiger partial charge in [0.1, 0.15) is 5.60 Å². The van der Waals surface area contributed by atoms with Gasteiger partial charge in [0.05, 0.1) is 0 Å². The topological polar surface area (TPSA) is 38.7 Å². The van der Waals surface area contributed by atoms with Crippen molar-refractivity contribution in [3.8, 4) is 0 Å². The van der Waals surface area contributed by atoms with Crippen LogP contribution in [0.15, 0.2) is 0 Å². The van der Waals surface area contributed by atoms with Crippen LogP contribution in [0.1, 0.15) is 104 Å². The summed E-state index contributed by atoms with van der Waals surface area (Å²) in [5.41, 5.74) is -0.277. The second kappa shape index (κ2) is 13.8. The van der Waals surface area contributed by atoms with Crippen LogP contribution >= 0.6 is 0 Å². The maximum atomic E-state index is 8.66. The van der Waals surface area contributed by atoms with Gasteiger partial charge in [-0.2, -0.15) is 4.89 Å². The average molecular weight is 288 g/mol. The van der Waals surface area contributed by atoms with Gasteiger partial charge in [0.25, 0.3) is 0 Å². The summed E-state index contributed by atoms with van der Waals surface area (Å²) in [7, 11) is 0. The van der Waals surface area contributed by atoms with Crippen molar-refractivity contribution in [1.29, 1.82) is 0 Å². The summed E-state index contributed by atoms with van der Waals surface area (Å²) in [6.07, 6.45) is 15.6. The molecule has 122 valence electrons. The molecule has 0 bridgehead atoms. The van der Waals surface area contributed by atoms with Crippen LogP contribution in [0.2, 0.25) is 0 Å². The summed E-state index contributed by atoms with van der Waals surface area (Å²) < 4.78 is 0. The second-order valence-corrected chi connectivity index (χ2v) is 6.07. The van der Waals surface area contributed by atoms with E-state index in [0.717, 1.165) is 38.5 Å². The lowest BCUT2D eigenvalue weighted by atomic mass is 9.87. The molecule has 0 aliphatic heterocycles. The number of hydrogen-bond donors (Lipinski definition) is 1. The van der Waals surface area contributed by atoms with Crippen molar-refractivity contribution in [3.05, 3.63) is 0 Å². The van der Waals surface area contributed by atoms with Crippen molar-refractivity contribution in [2.45, 2.75) is 110 Å². The fraction of sp³-hybridized carbons (Fsp3) is 1.00. The Morgan fingerprint density at radius 2 is 1.15 bits per heavy atom. The Balaban J connectivity index is 3.82. The molecule has 0 amide bonds. The molecule has 0 rings (SSSR count). The molecule has 1 N–H and O–H groups in total. The minimum absolute atomic E-state index is 0.277. The Morgan fingerprint density at radius 1 is 0.650 bits per heavy atom. The van der Waals surface area contributed by atoms with Gasteiger partial charge in [-0.05, 0) is 19.3 Å². The Bertz CT molecular complexity index is 178. The van der Waals surface area contributed by atoms with Crippen LogP contribution in [0.4, 0.5) is 0 Å². The van der Waals surface area contributed by atoms with Gasteiger partial charge in [-0.25, -0.2) is 5.26 Å². The molecule has 0 aliphatic rings. The van der Waals surface area contributed by atoms with Crippen LogP contribution in [0.5, 0.6) is 0 Å². The van der Waals surface area contributed by atoms with Gasteiger partial charge < -0.3 is 0 Å². The van der Waals surface area contributed by atoms with Crippen molar-refractivity contribution >= 4 is 0 Å². The average Bonchev–Trinajstić information content (AvgIpc) is 2.43. The summed E-state index contributed by atoms with van der Waals surface area (Å²) in [5, 5.41) is 12.7. The summed E-state index contributed by atoms with van der Waals surface area (Å²) in [5.74, 6) is 0. The van der Waals surface area contributed by atoms with Crippen molar-refractivity contribution < 1.29 is 15.2 Å². The molecule has 0 fully saturated rings. The highest BCUT2D eigenvalue weighted by molar-refractivity contribution is 4.78. The molecule has 3 nitrogen and oxygen atoms in total. The third-order valence-electron chi connectivity index (χ3n) is 4.11. The van der Waals surface area contributed by atoms with Gasteiger partial charge >= 0.3 is 0 Å². The first-order valence-electron chi connectivity index (χ1n) is 8.74. The maximum Gasteiger partial charge on any atom is 0.107 e. The first-order valence-corrected chi connectivity index (χ1v) is 8.74. The Kier molecular flexibility index (Phi) is 13.8. The molecule has 0 saturated heterocycles. The first-order chi connectivity index (χ1) is 9.74. The molecule has 0 aromatic rings. The first kappa shape index (κ1) is 19.9. The molecule has 0 aliphatic carbocycles. The molecule has 0 aromatic heterocycles. The van der Waals surface area contributed by atoms with E-state index in [-0.39, 0.29) is 5.60 Å². The molecule has 0 aromatic carbocycles. The van der Waals surface area contributed by atoms with Crippen molar-refractivity contribution in [3.63, 3.8) is 0 Å². The largest absolute Gasteiger partial charge is 0.221 e. The van der Waals surface area contributed by atoms with Gasteiger partial charge in [0, 0.05) is 0 Å². The van der Waals surface area contributed by atoms with Crippen molar-refractivity contribution in [2.75, 3.05) is 0 Å². The van der Waals surface area contributed by atoms with Crippen molar-refractivity contribution in [1.82, 2.24) is 0 Å². The smallest absolute Gasteiger partial charge is 0.107 e. The molecule has 0 saturated carbocycles. The highest BCUT2D eigenvalue weighted by Gasteiger charge is 2.30. The second-order valence-electron chi connectivity index (χ2n) is 6.07. The van der Waals surface area contributed by atoms with E-state index in [0.29, 0.717) is 0 Å². The van der Waals surface area contributed by atoms with Gasteiger partial charge in [0.15, 0.2) is 0 Å². The molecular formula is C17H36O3. The van der Waals surface area contributed by atoms with Gasteiger partial charge in [-0.1, -0.05) is 90.0 Å². The highest BCUT2D eigenvalue weighted by Crippen LogP contribution is 2.30. The minimum Gasteiger partial charge on any atom is -0.221 e. The van der Waals surface area contributed by atoms with Crippen LogP contribution in [-0.4, -0.2) is 10.9 Å². The van der Waals surface area contributed by atoms with Crippen LogP contribution in [0.3, 0.4) is 0 Å². The van der Waals surface area contributed by atoms with E-state index in [9.17, 15) is 0 Å². The standard InChI is InChI=1S/C17H36O3/c1-4-7-8-9-10-11-12-13-16-17(14-5-2,15-6-3)19-20-18/h18H,4-16H2,1-3H3. The Labute approximate surface area is 125 Å². The highest BCUT2D eigenvalue weighted by atomic mass is 17.5. The van der Waals surface area contributed by atoms with Crippen LogP contribution in [-0.2, 0) is 9.93 Å². The summed E-state index contributed by atoms with van der Waals surface area (Å²) in [4.78, 5) is 5.23. The summed E-state index contributed by atoms with van der Waals surface area (Å²) >= 11 is 0. The van der Waals surface area contributed by atoms with Crippen molar-refractivity contribution in [2.24, 2.45) is 0 Å². The van der Waals surface area contributed by atoms with E-state index in [2.05, 4.69) is 25.8 Å². The molecule has 0 heterocycles. The zero-order valence-electron chi connectivity index (χ0n) is 14.0. The van der Waals surface area contributed by atoms with E-state index in [1.807, 2.05) is 0 Å². The minimum atomic E-state index is -0.277. The summed E-state index contributed by atoms with van der Waals surface area (Å²) in [6, 6.07) is 0. The van der Waals surface area contributed by atoms with E-state index < -0.39 is 0 Å². The summed E-state index contributed by atoms with van der Waals surface area (Å²) in [6.45, 7) is 6.56. The van der Waals surface area contributed by atoms with Gasteiger partial charge in [-0.15, -0.1) is 0 Å². The fourth-order valence-corrected chi connectivity index (χ4v) is 3.07. The van der Waals surface area contributed by atoms with E-state index in [1.165, 1.54) is 44.9 Å². The van der Waals surface area contributed by atoms with E-state index in [1.54, 1.807) is 0 Å². The fourth-order valence-electron chi connectivity index (χ4n) is 3.07. The molecule has 0 spiro atoms. The van der Waals surface area contributed by atoms with E-state index >= 15 is 0 Å². The third-order valence-corrected chi connectivity index (χ3v) is 4.11. The number of unbranched alkanes of at least 4 members (excludes halogenated alkanes) is 7. The van der Waals surface area contributed by atoms with Gasteiger partial charge in [0.2, 0.25) is 0 Å².